The SMILES string of the molecule is N#Cc1ccc(CN2CCC(NC(=O)c3cc4cc(NC(=O)C5CCN(Cc6cnn(-c7ccccn7)c6)CC5)ccc4o3)CC2)cc1. The van der Waals surface area contributed by atoms with Gasteiger partial charge in [-0.15, -0.1) is 0 Å². The van der Waals surface area contributed by atoms with Crippen molar-refractivity contribution in [2.75, 3.05) is 31.5 Å². The van der Waals surface area contributed by atoms with E-state index in [4.69, 9.17) is 9.68 Å². The second-order valence-corrected chi connectivity index (χ2v) is 12.7. The first kappa shape index (κ1) is 31.3. The van der Waals surface area contributed by atoms with Gasteiger partial charge >= 0.3 is 0 Å². The summed E-state index contributed by atoms with van der Waals surface area (Å²) in [6, 6.07) is 22.9. The summed E-state index contributed by atoms with van der Waals surface area (Å²) in [6.45, 7) is 5.05. The van der Waals surface area contributed by atoms with Gasteiger partial charge in [0.15, 0.2) is 11.6 Å². The zero-order chi connectivity index (χ0) is 32.9. The van der Waals surface area contributed by atoms with Crippen molar-refractivity contribution in [2.45, 2.75) is 44.8 Å². The van der Waals surface area contributed by atoms with E-state index in [1.165, 1.54) is 5.56 Å². The van der Waals surface area contributed by atoms with Crippen LogP contribution in [-0.2, 0) is 17.9 Å². The number of nitrogens with one attached hydrogen (secondary N) is 2. The fourth-order valence-electron chi connectivity index (χ4n) is 6.58. The van der Waals surface area contributed by atoms with Gasteiger partial charge in [-0.1, -0.05) is 18.2 Å². The van der Waals surface area contributed by atoms with Crippen molar-refractivity contribution in [2.24, 2.45) is 5.92 Å². The number of likely N-dealkylation sites (tertiary alicyclic amines) is 2. The summed E-state index contributed by atoms with van der Waals surface area (Å²) in [5.41, 5.74) is 4.26. The molecule has 5 heterocycles. The van der Waals surface area contributed by atoms with E-state index in [-0.39, 0.29) is 29.5 Å². The molecular formula is C37H38N8O3. The highest BCUT2D eigenvalue weighted by Gasteiger charge is 2.26. The van der Waals surface area contributed by atoms with E-state index in [0.29, 0.717) is 16.8 Å². The third-order valence-electron chi connectivity index (χ3n) is 9.30. The van der Waals surface area contributed by atoms with Crippen molar-refractivity contribution in [1.29, 1.82) is 5.26 Å². The Hall–Kier alpha value is -5.31. The van der Waals surface area contributed by atoms with Gasteiger partial charge in [-0.2, -0.15) is 10.4 Å². The van der Waals surface area contributed by atoms with Gasteiger partial charge in [-0.3, -0.25) is 19.4 Å². The molecule has 2 N–H and O–H groups in total. The number of hydrogen-bond acceptors (Lipinski definition) is 8. The fraction of sp³-hybridized carbons (Fsp3) is 0.324. The van der Waals surface area contributed by atoms with Crippen LogP contribution in [0.5, 0.6) is 0 Å². The maximum Gasteiger partial charge on any atom is 0.287 e. The summed E-state index contributed by atoms with van der Waals surface area (Å²) in [5, 5.41) is 20.4. The van der Waals surface area contributed by atoms with Crippen molar-refractivity contribution < 1.29 is 14.0 Å². The third kappa shape index (κ3) is 7.46. The number of carbonyl (C=O) groups is 2. The molecule has 0 spiro atoms. The molecule has 0 atom stereocenters. The summed E-state index contributed by atoms with van der Waals surface area (Å²) in [5.74, 6) is 0.792. The van der Waals surface area contributed by atoms with Crippen LogP contribution in [0.15, 0.2) is 89.7 Å². The normalized spacial score (nSPS) is 16.5. The van der Waals surface area contributed by atoms with Crippen LogP contribution in [0.3, 0.4) is 0 Å². The quantitative estimate of drug-likeness (QED) is 0.226. The molecule has 0 radical (unpaired) electrons. The number of pyridine rings is 1. The molecular weight excluding hydrogens is 604 g/mol. The van der Waals surface area contributed by atoms with Crippen LogP contribution in [0.25, 0.3) is 16.8 Å². The third-order valence-corrected chi connectivity index (χ3v) is 9.30. The molecule has 0 unspecified atom stereocenters. The lowest BCUT2D eigenvalue weighted by Gasteiger charge is -2.32. The molecule has 11 heteroatoms. The molecule has 7 rings (SSSR count). The molecule has 2 aliphatic rings. The number of rotatable bonds is 9. The smallest absolute Gasteiger partial charge is 0.287 e. The average Bonchev–Trinajstić information content (AvgIpc) is 3.77. The first-order chi connectivity index (χ1) is 23.5. The number of carbonyl (C=O) groups excluding carboxylic acids is 2. The van der Waals surface area contributed by atoms with Crippen LogP contribution in [0.1, 0.15) is 52.9 Å². The second kappa shape index (κ2) is 14.2. The number of furan rings is 1. The summed E-state index contributed by atoms with van der Waals surface area (Å²) >= 11 is 0. The summed E-state index contributed by atoms with van der Waals surface area (Å²) < 4.78 is 7.67. The van der Waals surface area contributed by atoms with Crippen molar-refractivity contribution in [3.8, 4) is 11.9 Å². The molecule has 2 aliphatic heterocycles. The van der Waals surface area contributed by atoms with E-state index in [1.54, 1.807) is 23.0 Å². The molecule has 0 bridgehead atoms. The molecule has 48 heavy (non-hydrogen) atoms. The first-order valence-electron chi connectivity index (χ1n) is 16.5. The van der Waals surface area contributed by atoms with Gasteiger partial charge in [0, 0.05) is 67.2 Å². The highest BCUT2D eigenvalue weighted by Crippen LogP contribution is 2.26. The van der Waals surface area contributed by atoms with Crippen LogP contribution in [-0.4, -0.2) is 68.6 Å². The molecule has 2 aromatic carbocycles. The number of benzene rings is 2. The number of piperidine rings is 2. The molecule has 244 valence electrons. The van der Waals surface area contributed by atoms with Crippen molar-refractivity contribution in [3.63, 3.8) is 0 Å². The largest absolute Gasteiger partial charge is 0.451 e. The van der Waals surface area contributed by atoms with Crippen LogP contribution < -0.4 is 10.6 Å². The molecule has 2 amide bonds. The first-order valence-corrected chi connectivity index (χ1v) is 16.5. The Morgan fingerprint density at radius 1 is 0.896 bits per heavy atom. The Labute approximate surface area is 279 Å². The number of anilines is 1. The van der Waals surface area contributed by atoms with Crippen LogP contribution in [0.4, 0.5) is 5.69 Å². The Morgan fingerprint density at radius 3 is 2.38 bits per heavy atom. The predicted octanol–water partition coefficient (Wildman–Crippen LogP) is 5.13. The van der Waals surface area contributed by atoms with E-state index >= 15 is 0 Å². The fourth-order valence-corrected chi connectivity index (χ4v) is 6.58. The molecule has 2 saturated heterocycles. The monoisotopic (exact) mass is 642 g/mol. The van der Waals surface area contributed by atoms with Gasteiger partial charge < -0.3 is 15.1 Å². The Morgan fingerprint density at radius 2 is 1.65 bits per heavy atom. The van der Waals surface area contributed by atoms with Crippen molar-refractivity contribution in [1.82, 2.24) is 29.9 Å². The van der Waals surface area contributed by atoms with Gasteiger partial charge in [0.25, 0.3) is 5.91 Å². The van der Waals surface area contributed by atoms with Crippen LogP contribution >= 0.6 is 0 Å². The number of nitrogens with zero attached hydrogens (tertiary/aromatic N) is 6. The van der Waals surface area contributed by atoms with Crippen LogP contribution in [0.2, 0.25) is 0 Å². The van der Waals surface area contributed by atoms with Gasteiger partial charge in [-0.25, -0.2) is 9.67 Å². The Bertz CT molecular complexity index is 1910. The number of fused-ring (bicyclic) bond motifs is 1. The Kier molecular flexibility index (Phi) is 9.27. The predicted molar refractivity (Wildman–Crippen MR) is 181 cm³/mol. The van der Waals surface area contributed by atoms with Crippen molar-refractivity contribution >= 4 is 28.5 Å². The second-order valence-electron chi connectivity index (χ2n) is 12.7. The average molecular weight is 643 g/mol. The summed E-state index contributed by atoms with van der Waals surface area (Å²) in [6.07, 6.45) is 8.92. The minimum atomic E-state index is -0.224. The Balaban J connectivity index is 0.867. The number of aromatic nitrogens is 3. The summed E-state index contributed by atoms with van der Waals surface area (Å²) in [4.78, 5) is 35.3. The molecule has 3 aromatic heterocycles. The molecule has 0 aliphatic carbocycles. The minimum absolute atomic E-state index is 0.0176. The standard InChI is InChI=1S/C37H38N8O3/c38-21-26-4-6-27(7-5-26)23-44-17-12-31(13-18-44)41-37(47)34-20-30-19-32(8-9-33(30)48-34)42-36(46)29-10-15-43(16-11-29)24-28-22-40-45(25-28)35-3-1-2-14-39-35/h1-9,14,19-20,22,25,29,31H,10-13,15-18,23-24H2,(H,41,47)(H,42,46). The van der Waals surface area contributed by atoms with E-state index < -0.39 is 0 Å². The number of amides is 2. The van der Waals surface area contributed by atoms with Gasteiger partial charge in [0.05, 0.1) is 17.8 Å². The lowest BCUT2D eigenvalue weighted by molar-refractivity contribution is -0.121. The lowest BCUT2D eigenvalue weighted by Crippen LogP contribution is -2.44. The maximum atomic E-state index is 13.2. The van der Waals surface area contributed by atoms with Gasteiger partial charge in [0.1, 0.15) is 5.58 Å². The zero-order valence-corrected chi connectivity index (χ0v) is 26.7. The maximum absolute atomic E-state index is 13.2. The highest BCUT2D eigenvalue weighted by molar-refractivity contribution is 5.98. The zero-order valence-electron chi connectivity index (χ0n) is 26.7. The minimum Gasteiger partial charge on any atom is -0.451 e. The topological polar surface area (TPSA) is 132 Å². The lowest BCUT2D eigenvalue weighted by atomic mass is 9.95. The van der Waals surface area contributed by atoms with E-state index in [2.05, 4.69) is 36.6 Å². The van der Waals surface area contributed by atoms with E-state index in [9.17, 15) is 9.59 Å². The molecule has 5 aromatic rings. The van der Waals surface area contributed by atoms with Gasteiger partial charge in [0.2, 0.25) is 5.91 Å². The molecule has 2 fully saturated rings. The van der Waals surface area contributed by atoms with Gasteiger partial charge in [-0.05, 0) is 92.9 Å². The summed E-state index contributed by atoms with van der Waals surface area (Å²) in [7, 11) is 0. The van der Waals surface area contributed by atoms with Crippen molar-refractivity contribution in [3.05, 3.63) is 108 Å². The van der Waals surface area contributed by atoms with E-state index in [1.807, 2.05) is 67.0 Å². The van der Waals surface area contributed by atoms with E-state index in [0.717, 1.165) is 81.7 Å². The highest BCUT2D eigenvalue weighted by atomic mass is 16.3. The number of nitriles is 1. The molecule has 0 saturated carbocycles. The molecule has 11 nitrogen and oxygen atoms in total. The number of hydrogen-bond donors (Lipinski definition) is 2. The van der Waals surface area contributed by atoms with Crippen LogP contribution in [0, 0.1) is 17.2 Å².